The number of nitrogens with one attached hydrogen (secondary N) is 1. The Bertz CT molecular complexity index is 1310. The van der Waals surface area contributed by atoms with Gasteiger partial charge < -0.3 is 10.2 Å². The Labute approximate surface area is 194 Å². The molecule has 0 saturated heterocycles. The Balaban J connectivity index is 1.45. The Morgan fingerprint density at radius 2 is 1.91 bits per heavy atom. The van der Waals surface area contributed by atoms with Gasteiger partial charge in [-0.2, -0.15) is 13.2 Å². The summed E-state index contributed by atoms with van der Waals surface area (Å²) in [5, 5.41) is 3.74. The largest absolute Gasteiger partial charge is 0.416 e. The lowest BCUT2D eigenvalue weighted by molar-refractivity contribution is -0.137. The first-order valence-electron chi connectivity index (χ1n) is 11.2. The fraction of sp³-hybridized carbons (Fsp3) is 0.269. The van der Waals surface area contributed by atoms with E-state index in [0.29, 0.717) is 23.2 Å². The zero-order valence-electron chi connectivity index (χ0n) is 18.2. The van der Waals surface area contributed by atoms with Crippen molar-refractivity contribution in [3.8, 4) is 0 Å². The summed E-state index contributed by atoms with van der Waals surface area (Å²) in [6.45, 7) is 0.239. The van der Waals surface area contributed by atoms with Crippen molar-refractivity contribution in [2.24, 2.45) is 5.92 Å². The third kappa shape index (κ3) is 4.27. The second-order valence-corrected chi connectivity index (χ2v) is 8.67. The first kappa shape index (κ1) is 22.1. The zero-order valence-corrected chi connectivity index (χ0v) is 18.2. The van der Waals surface area contributed by atoms with Crippen LogP contribution in [0.1, 0.15) is 36.8 Å². The highest BCUT2D eigenvalue weighted by molar-refractivity contribution is 6.07. The van der Waals surface area contributed by atoms with Gasteiger partial charge in [0.25, 0.3) is 0 Å². The molecule has 5 rings (SSSR count). The maximum atomic E-state index is 13.4. The van der Waals surface area contributed by atoms with Crippen molar-refractivity contribution < 1.29 is 22.8 Å². The molecule has 2 aromatic carbocycles. The Kier molecular flexibility index (Phi) is 5.59. The monoisotopic (exact) mass is 465 g/mol. The van der Waals surface area contributed by atoms with E-state index in [1.807, 2.05) is 18.2 Å². The fourth-order valence-corrected chi connectivity index (χ4v) is 4.43. The number of hydrogen-bond acceptors (Lipinski definition) is 3. The van der Waals surface area contributed by atoms with Crippen molar-refractivity contribution in [1.29, 1.82) is 0 Å². The lowest BCUT2D eigenvalue weighted by Gasteiger charge is -2.36. The number of alkyl halides is 3. The van der Waals surface area contributed by atoms with Gasteiger partial charge in [0, 0.05) is 41.4 Å². The smallest absolute Gasteiger partial charge is 0.322 e. The van der Waals surface area contributed by atoms with E-state index in [9.17, 15) is 22.8 Å². The molecule has 0 radical (unpaired) electrons. The standard InChI is InChI=1S/C26H22F3N3O2/c27-26(28,29)19-7-9-21-18(10-12-32(23(21)14-19)25(34)17-3-1-4-17)13-24(33)31-20-8-6-16-5-2-11-30-22(16)15-20/h2,5-9,11,13-15,17H,1,3-4,10,12H2,(H,31,33). The van der Waals surface area contributed by atoms with E-state index >= 15 is 0 Å². The highest BCUT2D eigenvalue weighted by atomic mass is 19.4. The molecule has 8 heteroatoms. The predicted molar refractivity (Wildman–Crippen MR) is 124 cm³/mol. The molecular weight excluding hydrogens is 443 g/mol. The first-order valence-corrected chi connectivity index (χ1v) is 11.2. The third-order valence-corrected chi connectivity index (χ3v) is 6.47. The first-order chi connectivity index (χ1) is 16.3. The zero-order chi connectivity index (χ0) is 23.9. The van der Waals surface area contributed by atoms with Crippen molar-refractivity contribution >= 4 is 39.7 Å². The Hall–Kier alpha value is -3.68. The fourth-order valence-electron chi connectivity index (χ4n) is 4.43. The number of carbonyl (C=O) groups is 2. The number of aromatic nitrogens is 1. The summed E-state index contributed by atoms with van der Waals surface area (Å²) < 4.78 is 40.2. The summed E-state index contributed by atoms with van der Waals surface area (Å²) in [7, 11) is 0. The second-order valence-electron chi connectivity index (χ2n) is 8.67. The van der Waals surface area contributed by atoms with Crippen molar-refractivity contribution in [1.82, 2.24) is 4.98 Å². The highest BCUT2D eigenvalue weighted by Gasteiger charge is 2.36. The minimum atomic E-state index is -4.52. The predicted octanol–water partition coefficient (Wildman–Crippen LogP) is 5.81. The van der Waals surface area contributed by atoms with Crippen molar-refractivity contribution in [3.05, 3.63) is 71.9 Å². The van der Waals surface area contributed by atoms with Gasteiger partial charge in [-0.05, 0) is 55.2 Å². The molecule has 1 aromatic heterocycles. The average Bonchev–Trinajstić information content (AvgIpc) is 2.77. The summed E-state index contributed by atoms with van der Waals surface area (Å²) in [4.78, 5) is 31.4. The van der Waals surface area contributed by atoms with E-state index in [4.69, 9.17) is 0 Å². The van der Waals surface area contributed by atoms with Crippen LogP contribution >= 0.6 is 0 Å². The minimum absolute atomic E-state index is 0.140. The summed E-state index contributed by atoms with van der Waals surface area (Å²) in [6, 6.07) is 12.5. The van der Waals surface area contributed by atoms with Crippen LogP contribution in [-0.4, -0.2) is 23.3 Å². The average molecular weight is 465 g/mol. The molecule has 0 bridgehead atoms. The van der Waals surface area contributed by atoms with E-state index in [1.165, 1.54) is 17.0 Å². The topological polar surface area (TPSA) is 62.3 Å². The summed E-state index contributed by atoms with van der Waals surface area (Å²) in [5.41, 5.74) is 1.78. The lowest BCUT2D eigenvalue weighted by atomic mass is 9.83. The molecule has 0 unspecified atom stereocenters. The van der Waals surface area contributed by atoms with Gasteiger partial charge in [-0.3, -0.25) is 14.6 Å². The number of anilines is 2. The quantitative estimate of drug-likeness (QED) is 0.497. The third-order valence-electron chi connectivity index (χ3n) is 6.47. The SMILES string of the molecule is O=C(C=C1CCN(C(=O)C2CCC2)c2cc(C(F)(F)F)ccc21)Nc1ccc2cccnc2c1. The normalized spacial score (nSPS) is 17.4. The van der Waals surface area contributed by atoms with Gasteiger partial charge in [0.2, 0.25) is 11.8 Å². The Morgan fingerprint density at radius 3 is 2.65 bits per heavy atom. The molecule has 1 aliphatic heterocycles. The van der Waals surface area contributed by atoms with Crippen LogP contribution in [0.5, 0.6) is 0 Å². The number of amides is 2. The number of benzene rings is 2. The van der Waals surface area contributed by atoms with E-state index in [2.05, 4.69) is 10.3 Å². The van der Waals surface area contributed by atoms with Crippen LogP contribution in [0.15, 0.2) is 60.8 Å². The number of carbonyl (C=O) groups excluding carboxylic acids is 2. The minimum Gasteiger partial charge on any atom is -0.322 e. The van der Waals surface area contributed by atoms with Crippen LogP contribution in [0.4, 0.5) is 24.5 Å². The molecule has 2 aliphatic rings. The number of hydrogen-bond donors (Lipinski definition) is 1. The number of fused-ring (bicyclic) bond motifs is 2. The Morgan fingerprint density at radius 1 is 1.09 bits per heavy atom. The molecule has 1 N–H and O–H groups in total. The highest BCUT2D eigenvalue weighted by Crippen LogP contribution is 2.41. The van der Waals surface area contributed by atoms with Crippen LogP contribution < -0.4 is 10.2 Å². The molecule has 5 nitrogen and oxygen atoms in total. The van der Waals surface area contributed by atoms with Crippen LogP contribution in [0.2, 0.25) is 0 Å². The van der Waals surface area contributed by atoms with Gasteiger partial charge in [-0.15, -0.1) is 0 Å². The van der Waals surface area contributed by atoms with Crippen LogP contribution in [-0.2, 0) is 15.8 Å². The van der Waals surface area contributed by atoms with Gasteiger partial charge in [-0.25, -0.2) is 0 Å². The number of halogens is 3. The maximum Gasteiger partial charge on any atom is 0.416 e. The summed E-state index contributed by atoms with van der Waals surface area (Å²) >= 11 is 0. The molecule has 0 atom stereocenters. The van der Waals surface area contributed by atoms with Gasteiger partial charge in [0.05, 0.1) is 16.8 Å². The van der Waals surface area contributed by atoms with Crippen molar-refractivity contribution in [2.45, 2.75) is 31.9 Å². The maximum absolute atomic E-state index is 13.4. The molecule has 3 aromatic rings. The number of nitrogens with zero attached hydrogens (tertiary/aromatic N) is 2. The number of rotatable bonds is 3. The number of pyridine rings is 1. The second kappa shape index (κ2) is 8.59. The molecule has 1 fully saturated rings. The van der Waals surface area contributed by atoms with E-state index < -0.39 is 17.6 Å². The van der Waals surface area contributed by atoms with Crippen molar-refractivity contribution in [3.63, 3.8) is 0 Å². The molecular formula is C26H22F3N3O2. The molecule has 1 saturated carbocycles. The van der Waals surface area contributed by atoms with Crippen molar-refractivity contribution in [2.75, 3.05) is 16.8 Å². The van der Waals surface area contributed by atoms with E-state index in [-0.39, 0.29) is 24.1 Å². The van der Waals surface area contributed by atoms with Gasteiger partial charge in [-0.1, -0.05) is 24.6 Å². The van der Waals surface area contributed by atoms with E-state index in [0.717, 1.165) is 42.3 Å². The van der Waals surface area contributed by atoms with Crippen LogP contribution in [0, 0.1) is 5.92 Å². The molecule has 2 heterocycles. The van der Waals surface area contributed by atoms with E-state index in [1.54, 1.807) is 18.3 Å². The van der Waals surface area contributed by atoms with Crippen LogP contribution in [0.25, 0.3) is 16.5 Å². The van der Waals surface area contributed by atoms with Gasteiger partial charge >= 0.3 is 6.18 Å². The molecule has 34 heavy (non-hydrogen) atoms. The molecule has 0 spiro atoms. The summed E-state index contributed by atoms with van der Waals surface area (Å²) in [6.07, 6.45) is 1.40. The molecule has 174 valence electrons. The summed E-state index contributed by atoms with van der Waals surface area (Å²) in [5.74, 6) is -0.674. The van der Waals surface area contributed by atoms with Gasteiger partial charge in [0.15, 0.2) is 0 Å². The van der Waals surface area contributed by atoms with Gasteiger partial charge in [0.1, 0.15) is 0 Å². The molecule has 2 amide bonds. The molecule has 1 aliphatic carbocycles. The lowest BCUT2D eigenvalue weighted by Crippen LogP contribution is -2.41. The van der Waals surface area contributed by atoms with Crippen LogP contribution in [0.3, 0.4) is 0 Å².